The zero-order chi connectivity index (χ0) is 26.4. The molecule has 3 amide bonds. The molecule has 1 atom stereocenters. The summed E-state index contributed by atoms with van der Waals surface area (Å²) in [6.45, 7) is 3.73. The molecule has 188 valence electrons. The molecule has 37 heavy (non-hydrogen) atoms. The van der Waals surface area contributed by atoms with Gasteiger partial charge in [0.2, 0.25) is 5.91 Å². The minimum Gasteiger partial charge on any atom is -0.497 e. The van der Waals surface area contributed by atoms with Gasteiger partial charge in [-0.2, -0.15) is 0 Å². The molecule has 0 heterocycles. The SMILES string of the molecule is COc1ccc(C(=O)Nc2ccccc2C(=O)N[C@H](C(=O)Nc2ccc3ccccc3c2)C(C)C)cc1. The Hall–Kier alpha value is -4.65. The lowest BCUT2D eigenvalue weighted by Crippen LogP contribution is -2.47. The van der Waals surface area contributed by atoms with Crippen LogP contribution >= 0.6 is 0 Å². The van der Waals surface area contributed by atoms with Crippen LogP contribution in [0.2, 0.25) is 0 Å². The molecular formula is C30H29N3O4. The number of rotatable bonds is 8. The molecule has 0 unspecified atom stereocenters. The molecule has 0 fully saturated rings. The zero-order valence-electron chi connectivity index (χ0n) is 20.9. The van der Waals surface area contributed by atoms with Crippen molar-refractivity contribution in [2.45, 2.75) is 19.9 Å². The van der Waals surface area contributed by atoms with Crippen molar-refractivity contribution in [2.75, 3.05) is 17.7 Å². The predicted molar refractivity (Wildman–Crippen MR) is 146 cm³/mol. The second-order valence-electron chi connectivity index (χ2n) is 8.97. The highest BCUT2D eigenvalue weighted by atomic mass is 16.5. The molecule has 4 aromatic carbocycles. The fourth-order valence-electron chi connectivity index (χ4n) is 3.97. The molecule has 0 aliphatic carbocycles. The molecule has 0 aliphatic rings. The number of anilines is 2. The fraction of sp³-hybridized carbons (Fsp3) is 0.167. The van der Waals surface area contributed by atoms with Gasteiger partial charge in [-0.25, -0.2) is 0 Å². The van der Waals surface area contributed by atoms with Gasteiger partial charge >= 0.3 is 0 Å². The fourth-order valence-corrected chi connectivity index (χ4v) is 3.97. The summed E-state index contributed by atoms with van der Waals surface area (Å²) >= 11 is 0. The highest BCUT2D eigenvalue weighted by molar-refractivity contribution is 6.10. The summed E-state index contributed by atoms with van der Waals surface area (Å²) < 4.78 is 5.13. The van der Waals surface area contributed by atoms with Crippen molar-refractivity contribution in [3.63, 3.8) is 0 Å². The van der Waals surface area contributed by atoms with Gasteiger partial charge in [0.15, 0.2) is 0 Å². The number of hydrogen-bond acceptors (Lipinski definition) is 4. The van der Waals surface area contributed by atoms with Crippen LogP contribution in [0.3, 0.4) is 0 Å². The number of para-hydroxylation sites is 1. The van der Waals surface area contributed by atoms with Crippen LogP contribution in [-0.2, 0) is 4.79 Å². The lowest BCUT2D eigenvalue weighted by atomic mass is 10.0. The van der Waals surface area contributed by atoms with E-state index < -0.39 is 11.9 Å². The van der Waals surface area contributed by atoms with Crippen LogP contribution in [0.5, 0.6) is 5.75 Å². The third kappa shape index (κ3) is 6.13. The Morgan fingerprint density at radius 3 is 2.11 bits per heavy atom. The topological polar surface area (TPSA) is 96.5 Å². The van der Waals surface area contributed by atoms with Gasteiger partial charge in [-0.15, -0.1) is 0 Å². The first kappa shape index (κ1) is 25.4. The Balaban J connectivity index is 1.48. The average Bonchev–Trinajstić information content (AvgIpc) is 2.91. The van der Waals surface area contributed by atoms with Gasteiger partial charge in [-0.3, -0.25) is 14.4 Å². The number of ether oxygens (including phenoxy) is 1. The Kier molecular flexibility index (Phi) is 7.83. The van der Waals surface area contributed by atoms with Crippen molar-refractivity contribution in [1.82, 2.24) is 5.32 Å². The first-order valence-electron chi connectivity index (χ1n) is 12.0. The van der Waals surface area contributed by atoms with Crippen LogP contribution in [0, 0.1) is 5.92 Å². The van der Waals surface area contributed by atoms with Crippen molar-refractivity contribution in [2.24, 2.45) is 5.92 Å². The molecule has 0 aromatic heterocycles. The Labute approximate surface area is 215 Å². The van der Waals surface area contributed by atoms with Crippen molar-refractivity contribution in [1.29, 1.82) is 0 Å². The molecule has 0 bridgehead atoms. The molecule has 0 saturated heterocycles. The molecule has 0 aliphatic heterocycles. The van der Waals surface area contributed by atoms with E-state index in [2.05, 4.69) is 16.0 Å². The third-order valence-electron chi connectivity index (χ3n) is 6.02. The van der Waals surface area contributed by atoms with Crippen LogP contribution in [0.15, 0.2) is 91.0 Å². The number of amides is 3. The van der Waals surface area contributed by atoms with Gasteiger partial charge in [0.25, 0.3) is 11.8 Å². The lowest BCUT2D eigenvalue weighted by molar-refractivity contribution is -0.118. The first-order chi connectivity index (χ1) is 17.9. The molecule has 0 radical (unpaired) electrons. The van der Waals surface area contributed by atoms with E-state index in [0.717, 1.165) is 10.8 Å². The summed E-state index contributed by atoms with van der Waals surface area (Å²) in [6, 6.07) is 26.1. The standard InChI is InChI=1S/C30H29N3O4/c1-19(2)27(30(36)31-23-15-12-20-8-4-5-9-22(20)18-23)33-29(35)25-10-6-7-11-26(25)32-28(34)21-13-16-24(37-3)17-14-21/h4-19,27H,1-3H3,(H,31,36)(H,32,34)(H,33,35)/t27-/m0/s1. The van der Waals surface area contributed by atoms with Crippen LogP contribution in [0.1, 0.15) is 34.6 Å². The van der Waals surface area contributed by atoms with E-state index >= 15 is 0 Å². The molecule has 0 saturated carbocycles. The summed E-state index contributed by atoms with van der Waals surface area (Å²) in [6.07, 6.45) is 0. The molecule has 3 N–H and O–H groups in total. The second kappa shape index (κ2) is 11.4. The van der Waals surface area contributed by atoms with Crippen molar-refractivity contribution in [3.05, 3.63) is 102 Å². The quantitative estimate of drug-likeness (QED) is 0.301. The van der Waals surface area contributed by atoms with Crippen LogP contribution in [0.25, 0.3) is 10.8 Å². The first-order valence-corrected chi connectivity index (χ1v) is 12.0. The van der Waals surface area contributed by atoms with Gasteiger partial charge in [0.1, 0.15) is 11.8 Å². The molecular weight excluding hydrogens is 466 g/mol. The maximum absolute atomic E-state index is 13.3. The van der Waals surface area contributed by atoms with Crippen LogP contribution < -0.4 is 20.7 Å². The number of fused-ring (bicyclic) bond motifs is 1. The molecule has 7 heteroatoms. The van der Waals surface area contributed by atoms with E-state index in [0.29, 0.717) is 22.7 Å². The van der Waals surface area contributed by atoms with Gasteiger partial charge in [0, 0.05) is 11.3 Å². The number of methoxy groups -OCH3 is 1. The highest BCUT2D eigenvalue weighted by Crippen LogP contribution is 2.21. The van der Waals surface area contributed by atoms with Crippen LogP contribution in [0.4, 0.5) is 11.4 Å². The smallest absolute Gasteiger partial charge is 0.255 e. The summed E-state index contributed by atoms with van der Waals surface area (Å²) in [5, 5.41) is 10.6. The van der Waals surface area contributed by atoms with E-state index in [1.54, 1.807) is 55.6 Å². The number of hydrogen-bond donors (Lipinski definition) is 3. The number of benzene rings is 4. The van der Waals surface area contributed by atoms with Gasteiger partial charge in [0.05, 0.1) is 18.4 Å². The Bertz CT molecular complexity index is 1430. The summed E-state index contributed by atoms with van der Waals surface area (Å²) in [5.74, 6) is -0.683. The molecule has 7 nitrogen and oxygen atoms in total. The van der Waals surface area contributed by atoms with Crippen molar-refractivity contribution in [3.8, 4) is 5.75 Å². The monoisotopic (exact) mass is 495 g/mol. The minimum atomic E-state index is -0.788. The minimum absolute atomic E-state index is 0.176. The maximum atomic E-state index is 13.3. The summed E-state index contributed by atoms with van der Waals surface area (Å²) in [7, 11) is 1.55. The van der Waals surface area contributed by atoms with E-state index in [1.165, 1.54) is 0 Å². The van der Waals surface area contributed by atoms with E-state index in [9.17, 15) is 14.4 Å². The van der Waals surface area contributed by atoms with Crippen LogP contribution in [-0.4, -0.2) is 30.9 Å². The maximum Gasteiger partial charge on any atom is 0.255 e. The number of carbonyl (C=O) groups is 3. The van der Waals surface area contributed by atoms with Crippen molar-refractivity contribution < 1.29 is 19.1 Å². The lowest BCUT2D eigenvalue weighted by Gasteiger charge is -2.22. The normalized spacial score (nSPS) is 11.6. The van der Waals surface area contributed by atoms with Crippen molar-refractivity contribution >= 4 is 39.9 Å². The van der Waals surface area contributed by atoms with Gasteiger partial charge < -0.3 is 20.7 Å². The van der Waals surface area contributed by atoms with E-state index in [-0.39, 0.29) is 23.3 Å². The molecule has 0 spiro atoms. The molecule has 4 aromatic rings. The van der Waals surface area contributed by atoms with E-state index in [1.807, 2.05) is 56.3 Å². The Morgan fingerprint density at radius 1 is 0.730 bits per heavy atom. The third-order valence-corrected chi connectivity index (χ3v) is 6.02. The number of nitrogens with one attached hydrogen (secondary N) is 3. The second-order valence-corrected chi connectivity index (χ2v) is 8.97. The van der Waals surface area contributed by atoms with E-state index in [4.69, 9.17) is 4.74 Å². The Morgan fingerprint density at radius 2 is 1.41 bits per heavy atom. The number of carbonyl (C=O) groups excluding carboxylic acids is 3. The van der Waals surface area contributed by atoms with Gasteiger partial charge in [-0.1, -0.05) is 56.3 Å². The largest absolute Gasteiger partial charge is 0.497 e. The van der Waals surface area contributed by atoms with Gasteiger partial charge in [-0.05, 0) is 65.2 Å². The highest BCUT2D eigenvalue weighted by Gasteiger charge is 2.26. The summed E-state index contributed by atoms with van der Waals surface area (Å²) in [4.78, 5) is 39.2. The predicted octanol–water partition coefficient (Wildman–Crippen LogP) is 5.49. The average molecular weight is 496 g/mol. The summed E-state index contributed by atoms with van der Waals surface area (Å²) in [5.41, 5.74) is 1.67. The zero-order valence-corrected chi connectivity index (χ0v) is 20.9. The molecule has 4 rings (SSSR count).